The zero-order chi connectivity index (χ0) is 16.1. The van der Waals surface area contributed by atoms with Crippen LogP contribution >= 0.6 is 27.7 Å². The zero-order valence-corrected chi connectivity index (χ0v) is 15.1. The lowest BCUT2D eigenvalue weighted by Gasteiger charge is -2.12. The molecule has 0 fully saturated rings. The summed E-state index contributed by atoms with van der Waals surface area (Å²) in [6, 6.07) is 7.85. The lowest BCUT2D eigenvalue weighted by Crippen LogP contribution is -2.20. The van der Waals surface area contributed by atoms with Gasteiger partial charge < -0.3 is 9.30 Å². The van der Waals surface area contributed by atoms with Crippen molar-refractivity contribution < 1.29 is 9.53 Å². The normalized spacial score (nSPS) is 12.2. The molecule has 0 radical (unpaired) electrons. The van der Waals surface area contributed by atoms with Crippen LogP contribution in [0.4, 0.5) is 0 Å². The summed E-state index contributed by atoms with van der Waals surface area (Å²) < 4.78 is 7.95. The summed E-state index contributed by atoms with van der Waals surface area (Å²) in [6.45, 7) is 4.15. The maximum Gasteiger partial charge on any atom is 0.319 e. The van der Waals surface area contributed by atoms with E-state index in [1.54, 1.807) is 0 Å². The molecule has 0 aliphatic rings. The average Bonchev–Trinajstić information content (AvgIpc) is 2.86. The number of halogens is 1. The molecule has 0 amide bonds. The minimum Gasteiger partial charge on any atom is -0.465 e. The van der Waals surface area contributed by atoms with Crippen LogP contribution in [-0.2, 0) is 16.6 Å². The van der Waals surface area contributed by atoms with Crippen molar-refractivity contribution in [3.63, 3.8) is 0 Å². The smallest absolute Gasteiger partial charge is 0.319 e. The Morgan fingerprint density at radius 3 is 2.73 bits per heavy atom. The maximum absolute atomic E-state index is 11.9. The molecule has 7 heteroatoms. The lowest BCUT2D eigenvalue weighted by molar-refractivity contribution is -0.142. The van der Waals surface area contributed by atoms with Crippen molar-refractivity contribution in [2.24, 2.45) is 7.05 Å². The highest BCUT2D eigenvalue weighted by atomic mass is 79.9. The third-order valence-corrected chi connectivity index (χ3v) is 5.19. The molecule has 0 N–H and O–H groups in total. The van der Waals surface area contributed by atoms with Gasteiger partial charge in [-0.2, -0.15) is 0 Å². The molecule has 0 spiro atoms. The van der Waals surface area contributed by atoms with E-state index in [2.05, 4.69) is 26.1 Å². The standard InChI is InChI=1S/C15H18BrN3O2S/c1-4-12(14(20)21-5-2)22-15-18-17-13(19(15)3)10-8-6-7-9-11(10)16/h6-9,12H,4-5H2,1-3H3. The van der Waals surface area contributed by atoms with E-state index in [0.717, 1.165) is 15.9 Å². The van der Waals surface area contributed by atoms with E-state index < -0.39 is 0 Å². The van der Waals surface area contributed by atoms with Crippen LogP contribution < -0.4 is 0 Å². The second kappa shape index (κ2) is 7.78. The van der Waals surface area contributed by atoms with Gasteiger partial charge in [0, 0.05) is 17.1 Å². The first-order valence-electron chi connectivity index (χ1n) is 7.06. The molecule has 1 unspecified atom stereocenters. The third-order valence-electron chi connectivity index (χ3n) is 3.12. The number of hydrogen-bond donors (Lipinski definition) is 0. The predicted molar refractivity (Wildman–Crippen MR) is 90.7 cm³/mol. The van der Waals surface area contributed by atoms with Crippen molar-refractivity contribution >= 4 is 33.7 Å². The van der Waals surface area contributed by atoms with Crippen LogP contribution in [0.5, 0.6) is 0 Å². The molecule has 1 heterocycles. The van der Waals surface area contributed by atoms with Crippen molar-refractivity contribution in [3.05, 3.63) is 28.7 Å². The lowest BCUT2D eigenvalue weighted by atomic mass is 10.2. The van der Waals surface area contributed by atoms with Crippen LogP contribution in [0, 0.1) is 0 Å². The van der Waals surface area contributed by atoms with Gasteiger partial charge in [-0.05, 0) is 19.4 Å². The quantitative estimate of drug-likeness (QED) is 0.562. The summed E-state index contributed by atoms with van der Waals surface area (Å²) in [7, 11) is 1.90. The molecule has 0 aliphatic carbocycles. The van der Waals surface area contributed by atoms with Crippen LogP contribution in [-0.4, -0.2) is 32.6 Å². The molecule has 5 nitrogen and oxygen atoms in total. The van der Waals surface area contributed by atoms with Gasteiger partial charge in [0.25, 0.3) is 0 Å². The van der Waals surface area contributed by atoms with Gasteiger partial charge in [0.1, 0.15) is 5.25 Å². The van der Waals surface area contributed by atoms with E-state index in [0.29, 0.717) is 18.2 Å². The van der Waals surface area contributed by atoms with Gasteiger partial charge in [0.2, 0.25) is 0 Å². The molecule has 1 atom stereocenters. The van der Waals surface area contributed by atoms with Gasteiger partial charge in [-0.3, -0.25) is 4.79 Å². The Bertz CT molecular complexity index is 660. The minimum absolute atomic E-state index is 0.208. The molecule has 1 aromatic heterocycles. The second-order valence-electron chi connectivity index (χ2n) is 4.61. The number of carbonyl (C=O) groups is 1. The molecule has 2 rings (SSSR count). The molecule has 0 saturated carbocycles. The Morgan fingerprint density at radius 2 is 2.09 bits per heavy atom. The minimum atomic E-state index is -0.269. The SMILES string of the molecule is CCOC(=O)C(CC)Sc1nnc(-c2ccccc2Br)n1C. The first kappa shape index (κ1) is 17.0. The van der Waals surface area contributed by atoms with Gasteiger partial charge in [0.15, 0.2) is 11.0 Å². The Hall–Kier alpha value is -1.34. The van der Waals surface area contributed by atoms with Crippen molar-refractivity contribution in [1.29, 1.82) is 0 Å². The van der Waals surface area contributed by atoms with Crippen molar-refractivity contribution in [2.75, 3.05) is 6.61 Å². The number of benzene rings is 1. The van der Waals surface area contributed by atoms with E-state index in [1.165, 1.54) is 11.8 Å². The fourth-order valence-corrected chi connectivity index (χ4v) is 3.34. The van der Waals surface area contributed by atoms with E-state index in [4.69, 9.17) is 4.74 Å². The third kappa shape index (κ3) is 3.70. The molecule has 22 heavy (non-hydrogen) atoms. The highest BCUT2D eigenvalue weighted by molar-refractivity contribution is 9.10. The fraction of sp³-hybridized carbons (Fsp3) is 0.400. The molecule has 1 aromatic carbocycles. The monoisotopic (exact) mass is 383 g/mol. The Morgan fingerprint density at radius 1 is 1.36 bits per heavy atom. The summed E-state index contributed by atoms with van der Waals surface area (Å²) in [5, 5.41) is 8.89. The van der Waals surface area contributed by atoms with Gasteiger partial charge in [-0.15, -0.1) is 10.2 Å². The van der Waals surface area contributed by atoms with Crippen molar-refractivity contribution in [2.45, 2.75) is 30.7 Å². The molecule has 118 valence electrons. The van der Waals surface area contributed by atoms with Crippen LogP contribution in [0.1, 0.15) is 20.3 Å². The summed E-state index contributed by atoms with van der Waals surface area (Å²) in [5.41, 5.74) is 0.966. The summed E-state index contributed by atoms with van der Waals surface area (Å²) in [5.74, 6) is 0.550. The number of hydrogen-bond acceptors (Lipinski definition) is 5. The molecule has 0 aliphatic heterocycles. The first-order chi connectivity index (χ1) is 10.6. The van der Waals surface area contributed by atoms with Crippen molar-refractivity contribution in [3.8, 4) is 11.4 Å². The topological polar surface area (TPSA) is 57.0 Å². The molecular weight excluding hydrogens is 366 g/mol. The number of nitrogens with zero attached hydrogens (tertiary/aromatic N) is 3. The van der Waals surface area contributed by atoms with E-state index in [-0.39, 0.29) is 11.2 Å². The molecule has 0 saturated heterocycles. The number of aromatic nitrogens is 3. The van der Waals surface area contributed by atoms with E-state index >= 15 is 0 Å². The summed E-state index contributed by atoms with van der Waals surface area (Å²) in [6.07, 6.45) is 0.681. The van der Waals surface area contributed by atoms with Crippen LogP contribution in [0.2, 0.25) is 0 Å². The Balaban J connectivity index is 2.24. The van der Waals surface area contributed by atoms with Gasteiger partial charge >= 0.3 is 5.97 Å². The van der Waals surface area contributed by atoms with Gasteiger partial charge in [0.05, 0.1) is 6.61 Å². The molecular formula is C15H18BrN3O2S. The maximum atomic E-state index is 11.9. The summed E-state index contributed by atoms with van der Waals surface area (Å²) >= 11 is 4.91. The first-order valence-corrected chi connectivity index (χ1v) is 8.73. The van der Waals surface area contributed by atoms with Crippen LogP contribution in [0.15, 0.2) is 33.9 Å². The van der Waals surface area contributed by atoms with E-state index in [9.17, 15) is 4.79 Å². The highest BCUT2D eigenvalue weighted by Crippen LogP contribution is 2.30. The fourth-order valence-electron chi connectivity index (χ4n) is 1.96. The van der Waals surface area contributed by atoms with Gasteiger partial charge in [-0.1, -0.05) is 52.8 Å². The molecule has 0 bridgehead atoms. The number of ether oxygens (including phenoxy) is 1. The Labute approximate surface area is 142 Å². The number of carbonyl (C=O) groups excluding carboxylic acids is 1. The average molecular weight is 384 g/mol. The number of rotatable bonds is 6. The van der Waals surface area contributed by atoms with Crippen LogP contribution in [0.25, 0.3) is 11.4 Å². The highest BCUT2D eigenvalue weighted by Gasteiger charge is 2.23. The number of esters is 1. The van der Waals surface area contributed by atoms with E-state index in [1.807, 2.05) is 49.7 Å². The second-order valence-corrected chi connectivity index (χ2v) is 6.64. The Kier molecular flexibility index (Phi) is 6.02. The summed E-state index contributed by atoms with van der Waals surface area (Å²) in [4.78, 5) is 11.9. The zero-order valence-electron chi connectivity index (χ0n) is 12.7. The van der Waals surface area contributed by atoms with Crippen molar-refractivity contribution in [1.82, 2.24) is 14.8 Å². The van der Waals surface area contributed by atoms with Crippen LogP contribution in [0.3, 0.4) is 0 Å². The molecule has 2 aromatic rings. The van der Waals surface area contributed by atoms with Gasteiger partial charge in [-0.25, -0.2) is 0 Å². The predicted octanol–water partition coefficient (Wildman–Crippen LogP) is 3.68. The largest absolute Gasteiger partial charge is 0.465 e. The number of thioether (sulfide) groups is 1.